The molecule has 2 aromatic heterocycles. The van der Waals surface area contributed by atoms with Crippen molar-refractivity contribution in [2.75, 3.05) is 6.61 Å². The molecule has 0 aliphatic rings. The Morgan fingerprint density at radius 2 is 1.97 bits per heavy atom. The number of halogens is 2. The lowest BCUT2D eigenvalue weighted by molar-refractivity contribution is -0.124. The standard InChI is InChI=1S/C20H20F2N4O4/c1-11-17(18(28)24-20(2,10-27)19(23)29)16-8-12(6-7-26(16)25-11)30-9-13-14(21)4-3-5-15(13)22/h3-8,27H,9-10H2,1-2H3,(H2,23,29)(H,24,28). The van der Waals surface area contributed by atoms with Crippen LogP contribution in [0.15, 0.2) is 36.5 Å². The number of carbonyl (C=O) groups excluding carboxylic acids is 2. The average molecular weight is 418 g/mol. The number of nitrogens with zero attached hydrogens (tertiary/aromatic N) is 2. The number of carbonyl (C=O) groups is 2. The summed E-state index contributed by atoms with van der Waals surface area (Å²) in [6.45, 7) is 1.85. The van der Waals surface area contributed by atoms with E-state index in [0.717, 1.165) is 12.1 Å². The van der Waals surface area contributed by atoms with Crippen molar-refractivity contribution in [3.8, 4) is 5.75 Å². The normalized spacial score (nSPS) is 13.1. The van der Waals surface area contributed by atoms with Crippen LogP contribution in [0, 0.1) is 18.6 Å². The van der Waals surface area contributed by atoms with Gasteiger partial charge in [-0.3, -0.25) is 9.59 Å². The van der Waals surface area contributed by atoms with E-state index >= 15 is 0 Å². The number of aliphatic hydroxyl groups is 1. The number of benzene rings is 1. The van der Waals surface area contributed by atoms with E-state index < -0.39 is 35.6 Å². The quantitative estimate of drug-likeness (QED) is 0.537. The second-order valence-corrected chi connectivity index (χ2v) is 6.95. The Morgan fingerprint density at radius 3 is 2.57 bits per heavy atom. The van der Waals surface area contributed by atoms with Gasteiger partial charge in [0.1, 0.15) is 29.5 Å². The zero-order valence-electron chi connectivity index (χ0n) is 16.3. The van der Waals surface area contributed by atoms with Gasteiger partial charge >= 0.3 is 0 Å². The molecule has 2 heterocycles. The molecule has 1 aromatic carbocycles. The first-order chi connectivity index (χ1) is 14.2. The van der Waals surface area contributed by atoms with Crippen LogP contribution >= 0.6 is 0 Å². The number of ether oxygens (including phenoxy) is 1. The zero-order chi connectivity index (χ0) is 22.1. The molecule has 0 saturated heterocycles. The van der Waals surface area contributed by atoms with Crippen molar-refractivity contribution in [3.05, 3.63) is 65.0 Å². The number of aliphatic hydroxyl groups excluding tert-OH is 1. The molecule has 0 bridgehead atoms. The van der Waals surface area contributed by atoms with E-state index in [-0.39, 0.29) is 23.5 Å². The summed E-state index contributed by atoms with van der Waals surface area (Å²) in [6.07, 6.45) is 1.52. The molecule has 30 heavy (non-hydrogen) atoms. The first-order valence-electron chi connectivity index (χ1n) is 8.94. The van der Waals surface area contributed by atoms with Crippen molar-refractivity contribution in [2.45, 2.75) is 26.0 Å². The number of fused-ring (bicyclic) bond motifs is 1. The maximum absolute atomic E-state index is 13.8. The number of hydrogen-bond donors (Lipinski definition) is 3. The predicted octanol–water partition coefficient (Wildman–Crippen LogP) is 1.47. The smallest absolute Gasteiger partial charge is 0.256 e. The van der Waals surface area contributed by atoms with Gasteiger partial charge in [0.2, 0.25) is 5.91 Å². The fourth-order valence-electron chi connectivity index (χ4n) is 2.83. The lowest BCUT2D eigenvalue weighted by Crippen LogP contribution is -2.57. The topological polar surface area (TPSA) is 119 Å². The van der Waals surface area contributed by atoms with Crippen molar-refractivity contribution in [2.24, 2.45) is 5.73 Å². The van der Waals surface area contributed by atoms with Gasteiger partial charge in [0, 0.05) is 12.3 Å². The van der Waals surface area contributed by atoms with Crippen LogP contribution in [0.5, 0.6) is 5.75 Å². The largest absolute Gasteiger partial charge is 0.489 e. The number of nitrogens with one attached hydrogen (secondary N) is 1. The molecule has 158 valence electrons. The summed E-state index contributed by atoms with van der Waals surface area (Å²) in [6, 6.07) is 6.52. The van der Waals surface area contributed by atoms with Crippen molar-refractivity contribution >= 4 is 17.3 Å². The van der Waals surface area contributed by atoms with Crippen LogP contribution in [0.25, 0.3) is 5.52 Å². The molecule has 1 unspecified atom stereocenters. The Bertz CT molecular complexity index is 1110. The number of rotatable bonds is 7. The number of hydrogen-bond acceptors (Lipinski definition) is 5. The Hall–Kier alpha value is -3.53. The first-order valence-corrected chi connectivity index (χ1v) is 8.94. The second-order valence-electron chi connectivity index (χ2n) is 6.95. The molecule has 0 radical (unpaired) electrons. The minimum absolute atomic E-state index is 0.137. The SMILES string of the molecule is Cc1nn2ccc(OCc3c(F)cccc3F)cc2c1C(=O)NC(C)(CO)C(N)=O. The van der Waals surface area contributed by atoms with Crippen LogP contribution in [0.1, 0.15) is 28.5 Å². The molecule has 3 aromatic rings. The first kappa shape index (κ1) is 21.2. The third kappa shape index (κ3) is 3.94. The lowest BCUT2D eigenvalue weighted by Gasteiger charge is -2.24. The number of pyridine rings is 1. The van der Waals surface area contributed by atoms with Crippen molar-refractivity contribution in [1.82, 2.24) is 14.9 Å². The van der Waals surface area contributed by atoms with Gasteiger partial charge in [0.05, 0.1) is 28.9 Å². The number of primary amides is 1. The Morgan fingerprint density at radius 1 is 1.30 bits per heavy atom. The van der Waals surface area contributed by atoms with Gasteiger partial charge in [-0.15, -0.1) is 0 Å². The fourth-order valence-corrected chi connectivity index (χ4v) is 2.83. The Kier molecular flexibility index (Phi) is 5.70. The van der Waals surface area contributed by atoms with Gasteiger partial charge < -0.3 is 20.9 Å². The van der Waals surface area contributed by atoms with E-state index in [0.29, 0.717) is 11.2 Å². The van der Waals surface area contributed by atoms with Crippen LogP contribution in [0.4, 0.5) is 8.78 Å². The minimum atomic E-state index is -1.66. The molecule has 0 fully saturated rings. The van der Waals surface area contributed by atoms with Crippen molar-refractivity contribution < 1.29 is 28.2 Å². The highest BCUT2D eigenvalue weighted by Gasteiger charge is 2.34. The third-order valence-electron chi connectivity index (χ3n) is 4.70. The van der Waals surface area contributed by atoms with E-state index in [4.69, 9.17) is 10.5 Å². The fraction of sp³-hybridized carbons (Fsp3) is 0.250. The summed E-state index contributed by atoms with van der Waals surface area (Å²) < 4.78 is 34.5. The summed E-state index contributed by atoms with van der Waals surface area (Å²) in [5.74, 6) is -2.78. The maximum atomic E-state index is 13.8. The van der Waals surface area contributed by atoms with Gasteiger partial charge in [-0.05, 0) is 32.0 Å². The molecule has 2 amide bonds. The zero-order valence-corrected chi connectivity index (χ0v) is 16.3. The molecular formula is C20H20F2N4O4. The monoisotopic (exact) mass is 418 g/mol. The molecule has 10 heteroatoms. The number of aromatic nitrogens is 2. The second kappa shape index (κ2) is 8.07. The molecule has 8 nitrogen and oxygen atoms in total. The summed E-state index contributed by atoms with van der Waals surface area (Å²) in [7, 11) is 0. The number of aryl methyl sites for hydroxylation is 1. The third-order valence-corrected chi connectivity index (χ3v) is 4.70. The van der Waals surface area contributed by atoms with E-state index in [1.807, 2.05) is 0 Å². The van der Waals surface area contributed by atoms with Gasteiger partial charge in [-0.1, -0.05) is 6.07 Å². The summed E-state index contributed by atoms with van der Waals surface area (Å²) >= 11 is 0. The molecule has 0 saturated carbocycles. The number of amides is 2. The average Bonchev–Trinajstić information content (AvgIpc) is 3.02. The van der Waals surface area contributed by atoms with Crippen molar-refractivity contribution in [1.29, 1.82) is 0 Å². The summed E-state index contributed by atoms with van der Waals surface area (Å²) in [5, 5.41) is 16.1. The van der Waals surface area contributed by atoms with Gasteiger partial charge in [0.25, 0.3) is 5.91 Å². The Balaban J connectivity index is 1.91. The van der Waals surface area contributed by atoms with Crippen LogP contribution in [-0.2, 0) is 11.4 Å². The van der Waals surface area contributed by atoms with E-state index in [1.54, 1.807) is 6.92 Å². The molecule has 4 N–H and O–H groups in total. The highest BCUT2D eigenvalue weighted by atomic mass is 19.1. The molecule has 0 aliphatic carbocycles. The van der Waals surface area contributed by atoms with Crippen LogP contribution in [-0.4, -0.2) is 38.7 Å². The van der Waals surface area contributed by atoms with E-state index in [2.05, 4.69) is 10.4 Å². The summed E-state index contributed by atoms with van der Waals surface area (Å²) in [4.78, 5) is 24.4. The highest BCUT2D eigenvalue weighted by Crippen LogP contribution is 2.23. The molecular weight excluding hydrogens is 398 g/mol. The predicted molar refractivity (Wildman–Crippen MR) is 103 cm³/mol. The minimum Gasteiger partial charge on any atom is -0.489 e. The van der Waals surface area contributed by atoms with Gasteiger partial charge in [-0.2, -0.15) is 5.10 Å². The molecule has 1 atom stereocenters. The molecule has 0 spiro atoms. The molecule has 0 aliphatic heterocycles. The van der Waals surface area contributed by atoms with Gasteiger partial charge in [-0.25, -0.2) is 13.3 Å². The van der Waals surface area contributed by atoms with Gasteiger partial charge in [0.15, 0.2) is 0 Å². The van der Waals surface area contributed by atoms with E-state index in [9.17, 15) is 23.5 Å². The van der Waals surface area contributed by atoms with Crippen LogP contribution in [0.2, 0.25) is 0 Å². The van der Waals surface area contributed by atoms with E-state index in [1.165, 1.54) is 35.8 Å². The Labute approximate surface area is 170 Å². The van der Waals surface area contributed by atoms with Crippen molar-refractivity contribution in [3.63, 3.8) is 0 Å². The highest BCUT2D eigenvalue weighted by molar-refractivity contribution is 6.04. The van der Waals surface area contributed by atoms with Crippen LogP contribution in [0.3, 0.4) is 0 Å². The lowest BCUT2D eigenvalue weighted by atomic mass is 10.0. The molecule has 3 rings (SSSR count). The van der Waals surface area contributed by atoms with Crippen LogP contribution < -0.4 is 15.8 Å². The maximum Gasteiger partial charge on any atom is 0.256 e. The number of nitrogens with two attached hydrogens (primary N) is 1. The summed E-state index contributed by atoms with van der Waals surface area (Å²) in [5.41, 5.74) is 4.21.